The van der Waals surface area contributed by atoms with Crippen LogP contribution in [0.1, 0.15) is 18.6 Å². The van der Waals surface area contributed by atoms with Crippen LogP contribution in [0.2, 0.25) is 0 Å². The van der Waals surface area contributed by atoms with Gasteiger partial charge in [0, 0.05) is 30.4 Å². The lowest BCUT2D eigenvalue weighted by Gasteiger charge is -2.19. The van der Waals surface area contributed by atoms with Crippen LogP contribution in [0.15, 0.2) is 48.9 Å². The van der Waals surface area contributed by atoms with Gasteiger partial charge in [-0.15, -0.1) is 0 Å². The number of anilines is 1. The van der Waals surface area contributed by atoms with Gasteiger partial charge in [0.1, 0.15) is 11.6 Å². The number of carbonyl (C=O) groups excluding carboxylic acids is 2. The fraction of sp³-hybridized carbons (Fsp3) is 0.174. The van der Waals surface area contributed by atoms with Crippen molar-refractivity contribution in [3.05, 3.63) is 54.5 Å². The summed E-state index contributed by atoms with van der Waals surface area (Å²) >= 11 is 0. The molecule has 0 radical (unpaired) electrons. The van der Waals surface area contributed by atoms with Crippen LogP contribution in [0.4, 0.5) is 14.6 Å². The van der Waals surface area contributed by atoms with E-state index >= 15 is 0 Å². The van der Waals surface area contributed by atoms with Gasteiger partial charge in [-0.2, -0.15) is 8.78 Å². The van der Waals surface area contributed by atoms with E-state index in [0.717, 1.165) is 6.20 Å². The number of aromatic nitrogens is 4. The van der Waals surface area contributed by atoms with E-state index in [2.05, 4.69) is 25.3 Å². The number of carbonyl (C=O) groups is 2. The molecule has 0 bridgehead atoms. The van der Waals surface area contributed by atoms with Crippen LogP contribution in [-0.2, 0) is 9.59 Å². The van der Waals surface area contributed by atoms with Crippen molar-refractivity contribution >= 4 is 28.7 Å². The first kappa shape index (κ1) is 23.7. The minimum Gasteiger partial charge on any atom is -0.495 e. The maximum absolute atomic E-state index is 14.0. The number of hydrogen-bond acceptors (Lipinski definition) is 7. The van der Waals surface area contributed by atoms with Crippen LogP contribution in [-0.4, -0.2) is 49.9 Å². The fourth-order valence-electron chi connectivity index (χ4n) is 3.53. The van der Waals surface area contributed by atoms with Crippen molar-refractivity contribution in [3.8, 4) is 28.3 Å². The van der Waals surface area contributed by atoms with E-state index in [9.17, 15) is 23.5 Å². The number of hydrogen-bond donors (Lipinski definition) is 4. The van der Waals surface area contributed by atoms with E-state index in [-0.39, 0.29) is 11.5 Å². The minimum absolute atomic E-state index is 0.294. The van der Waals surface area contributed by atoms with Crippen LogP contribution in [0.5, 0.6) is 5.75 Å². The summed E-state index contributed by atoms with van der Waals surface area (Å²) in [5, 5.41) is 12.7. The van der Waals surface area contributed by atoms with Gasteiger partial charge in [-0.05, 0) is 30.3 Å². The third-order valence-electron chi connectivity index (χ3n) is 5.22. The molecule has 12 heteroatoms. The Balaban J connectivity index is 1.91. The Hall–Kier alpha value is -4.45. The van der Waals surface area contributed by atoms with Gasteiger partial charge in [0.15, 0.2) is 6.10 Å². The van der Waals surface area contributed by atoms with E-state index < -0.39 is 17.9 Å². The normalized spacial score (nSPS) is 12.4. The highest BCUT2D eigenvalue weighted by atomic mass is 19.3. The number of halogens is 2. The average molecular weight is 482 g/mol. The molecule has 0 aromatic carbocycles. The van der Waals surface area contributed by atoms with Gasteiger partial charge in [0.25, 0.3) is 5.91 Å². The molecule has 4 rings (SSSR count). The maximum atomic E-state index is 14.0. The summed E-state index contributed by atoms with van der Waals surface area (Å²) in [6.45, 7) is 1.35. The van der Waals surface area contributed by atoms with Crippen molar-refractivity contribution in [1.82, 2.24) is 19.9 Å². The Morgan fingerprint density at radius 3 is 2.57 bits per heavy atom. The van der Waals surface area contributed by atoms with Gasteiger partial charge >= 0.3 is 5.92 Å². The van der Waals surface area contributed by atoms with Crippen molar-refractivity contribution in [3.63, 3.8) is 0 Å². The lowest BCUT2D eigenvalue weighted by Crippen LogP contribution is -2.41. The zero-order valence-electron chi connectivity index (χ0n) is 18.5. The first-order valence-electron chi connectivity index (χ1n) is 10.2. The second kappa shape index (κ2) is 9.06. The van der Waals surface area contributed by atoms with Crippen molar-refractivity contribution < 1.29 is 28.2 Å². The first-order chi connectivity index (χ1) is 16.6. The van der Waals surface area contributed by atoms with Gasteiger partial charge < -0.3 is 25.9 Å². The van der Waals surface area contributed by atoms with Gasteiger partial charge in [0.2, 0.25) is 5.91 Å². The molecule has 0 aliphatic carbocycles. The number of nitrogens with two attached hydrogens (primary N) is 1. The van der Waals surface area contributed by atoms with Gasteiger partial charge in [0.05, 0.1) is 41.3 Å². The Bertz CT molecular complexity index is 1420. The van der Waals surface area contributed by atoms with Crippen molar-refractivity contribution in [2.45, 2.75) is 19.0 Å². The summed E-state index contributed by atoms with van der Waals surface area (Å²) in [5.74, 6) is -5.63. The number of H-pyrrole nitrogens is 1. The highest BCUT2D eigenvalue weighted by Gasteiger charge is 2.46. The van der Waals surface area contributed by atoms with Crippen molar-refractivity contribution in [2.24, 2.45) is 5.73 Å². The Morgan fingerprint density at radius 1 is 1.17 bits per heavy atom. The lowest BCUT2D eigenvalue weighted by molar-refractivity contribution is -0.160. The molecule has 4 heterocycles. The SMILES string of the molecule is COc1ccc(-c2c(-c3ccnc(NC(C)=O)c3)[nH]c3cc(C(O)C(F)(F)C(N)=O)cnc23)nc1. The van der Waals surface area contributed by atoms with Gasteiger partial charge in [-0.3, -0.25) is 19.6 Å². The molecular formula is C23H20F2N6O4. The van der Waals surface area contributed by atoms with Crippen molar-refractivity contribution in [2.75, 3.05) is 12.4 Å². The number of fused-ring (bicyclic) bond motifs is 1. The number of ether oxygens (including phenoxy) is 1. The molecule has 0 saturated heterocycles. The summed E-state index contributed by atoms with van der Waals surface area (Å²) in [4.78, 5) is 38.5. The molecule has 35 heavy (non-hydrogen) atoms. The number of amides is 2. The predicted octanol–water partition coefficient (Wildman–Crippen LogP) is 2.81. The molecule has 180 valence electrons. The highest BCUT2D eigenvalue weighted by Crippen LogP contribution is 2.39. The van der Waals surface area contributed by atoms with E-state index in [1.807, 2.05) is 0 Å². The van der Waals surface area contributed by atoms with E-state index in [4.69, 9.17) is 10.5 Å². The molecule has 2 amide bonds. The number of pyridine rings is 3. The van der Waals surface area contributed by atoms with Crippen LogP contribution in [0.25, 0.3) is 33.5 Å². The smallest absolute Gasteiger partial charge is 0.353 e. The summed E-state index contributed by atoms with van der Waals surface area (Å²) < 4.78 is 33.2. The number of nitrogens with one attached hydrogen (secondary N) is 2. The van der Waals surface area contributed by atoms with Crippen LogP contribution in [0.3, 0.4) is 0 Å². The molecule has 0 aliphatic rings. The second-order valence-corrected chi connectivity index (χ2v) is 7.62. The molecule has 1 unspecified atom stereocenters. The zero-order chi connectivity index (χ0) is 25.3. The third-order valence-corrected chi connectivity index (χ3v) is 5.22. The summed E-state index contributed by atoms with van der Waals surface area (Å²) in [7, 11) is 1.50. The molecule has 1 atom stereocenters. The Labute approximate surface area is 197 Å². The molecule has 0 aliphatic heterocycles. The van der Waals surface area contributed by atoms with Gasteiger partial charge in [-0.25, -0.2) is 4.98 Å². The van der Waals surface area contributed by atoms with Crippen LogP contribution >= 0.6 is 0 Å². The molecule has 10 nitrogen and oxygen atoms in total. The molecule has 4 aromatic heterocycles. The standard InChI is InChI=1S/C23H20F2N6O4/c1-11(32)30-17-8-12(5-6-27-17)19-18(15-4-3-14(35-2)10-28-15)20-16(31-19)7-13(9-29-20)21(33)23(24,25)22(26)34/h3-10,21,31,33H,1-2H3,(H2,26,34)(H,27,30,32). The number of aliphatic hydroxyl groups is 1. The van der Waals surface area contributed by atoms with Crippen LogP contribution in [0, 0.1) is 0 Å². The maximum Gasteiger partial charge on any atom is 0.353 e. The fourth-order valence-corrected chi connectivity index (χ4v) is 3.53. The molecule has 0 spiro atoms. The zero-order valence-corrected chi connectivity index (χ0v) is 18.5. The van der Waals surface area contributed by atoms with E-state index in [1.54, 1.807) is 24.3 Å². The lowest BCUT2D eigenvalue weighted by atomic mass is 10.0. The predicted molar refractivity (Wildman–Crippen MR) is 123 cm³/mol. The van der Waals surface area contributed by atoms with E-state index in [0.29, 0.717) is 45.1 Å². The second-order valence-electron chi connectivity index (χ2n) is 7.62. The summed E-state index contributed by atoms with van der Waals surface area (Å²) in [5.41, 5.74) is 7.23. The van der Waals surface area contributed by atoms with Gasteiger partial charge in [-0.1, -0.05) is 0 Å². The molecule has 4 aromatic rings. The quantitative estimate of drug-likeness (QED) is 0.316. The Kier molecular flexibility index (Phi) is 6.14. The largest absolute Gasteiger partial charge is 0.495 e. The number of aromatic amines is 1. The number of rotatable bonds is 7. The average Bonchev–Trinajstić information content (AvgIpc) is 3.22. The Morgan fingerprint density at radius 2 is 1.94 bits per heavy atom. The number of aliphatic hydroxyl groups excluding tert-OH is 1. The number of primary amides is 1. The number of alkyl halides is 2. The first-order valence-corrected chi connectivity index (χ1v) is 10.2. The highest BCUT2D eigenvalue weighted by molar-refractivity contribution is 6.01. The topological polar surface area (TPSA) is 156 Å². The van der Waals surface area contributed by atoms with E-state index in [1.165, 1.54) is 32.5 Å². The number of nitrogens with zero attached hydrogens (tertiary/aromatic N) is 3. The van der Waals surface area contributed by atoms with Crippen LogP contribution < -0.4 is 15.8 Å². The molecule has 5 N–H and O–H groups in total. The molecule has 0 saturated carbocycles. The summed E-state index contributed by atoms with van der Waals surface area (Å²) in [6, 6.07) is 7.96. The molecule has 0 fully saturated rings. The third kappa shape index (κ3) is 4.51. The monoisotopic (exact) mass is 482 g/mol. The summed E-state index contributed by atoms with van der Waals surface area (Å²) in [6.07, 6.45) is 1.56. The molecular weight excluding hydrogens is 462 g/mol. The van der Waals surface area contributed by atoms with Crippen molar-refractivity contribution in [1.29, 1.82) is 0 Å². The number of methoxy groups -OCH3 is 1. The minimum atomic E-state index is -4.19.